The van der Waals surface area contributed by atoms with Crippen molar-refractivity contribution in [1.82, 2.24) is 16.1 Å². The number of nitrogens with one attached hydrogen (secondary N) is 3. The van der Waals surface area contributed by atoms with E-state index >= 15 is 0 Å². The van der Waals surface area contributed by atoms with Crippen LogP contribution in [0.1, 0.15) is 36.6 Å². The van der Waals surface area contributed by atoms with Gasteiger partial charge in [-0.25, -0.2) is 9.59 Å². The van der Waals surface area contributed by atoms with Gasteiger partial charge in [0.2, 0.25) is 0 Å². The normalized spacial score (nSPS) is 15.3. The molecule has 0 fully saturated rings. The van der Waals surface area contributed by atoms with Crippen LogP contribution in [0, 0.1) is 0 Å². The molecule has 0 radical (unpaired) electrons. The van der Waals surface area contributed by atoms with Gasteiger partial charge in [-0.15, -0.1) is 0 Å². The van der Waals surface area contributed by atoms with Crippen molar-refractivity contribution in [3.8, 4) is 17.2 Å². The lowest BCUT2D eigenvalue weighted by atomic mass is 9.95. The fourth-order valence-electron chi connectivity index (χ4n) is 4.35. The van der Waals surface area contributed by atoms with Crippen LogP contribution in [0.25, 0.3) is 0 Å². The summed E-state index contributed by atoms with van der Waals surface area (Å²) in [5, 5.41) is 20.9. The van der Waals surface area contributed by atoms with Gasteiger partial charge in [0, 0.05) is 10.7 Å². The first-order valence-electron chi connectivity index (χ1n) is 13.7. The number of hydrogen-bond donors (Lipinski definition) is 4. The van der Waals surface area contributed by atoms with Crippen LogP contribution in [0.5, 0.6) is 17.2 Å². The molecule has 0 aliphatic carbocycles. The molecule has 0 saturated heterocycles. The Morgan fingerprint density at radius 1 is 1.11 bits per heavy atom. The van der Waals surface area contributed by atoms with Gasteiger partial charge in [-0.2, -0.15) is 5.10 Å². The average molecular weight is 722 g/mol. The highest BCUT2D eigenvalue weighted by molar-refractivity contribution is 9.10. The van der Waals surface area contributed by atoms with E-state index in [0.29, 0.717) is 61.8 Å². The molecule has 0 saturated carbocycles. The quantitative estimate of drug-likeness (QED) is 0.0746. The van der Waals surface area contributed by atoms with Gasteiger partial charge in [0.1, 0.15) is 13.2 Å². The highest BCUT2D eigenvalue weighted by Gasteiger charge is 2.32. The highest BCUT2D eigenvalue weighted by Crippen LogP contribution is 2.36. The van der Waals surface area contributed by atoms with Crippen LogP contribution in [-0.2, 0) is 16.1 Å². The van der Waals surface area contributed by atoms with Crippen LogP contribution in [-0.4, -0.2) is 49.9 Å². The third-order valence-electron chi connectivity index (χ3n) is 6.43. The molecular formula is C31H31BrCl2N4O7. The maximum absolute atomic E-state index is 12.4. The number of methoxy groups -OCH3 is 1. The second-order valence-corrected chi connectivity index (χ2v) is 11.3. The summed E-state index contributed by atoms with van der Waals surface area (Å²) in [6.45, 7) is 3.89. The number of amides is 2. The Labute approximate surface area is 278 Å². The molecule has 11 nitrogen and oxygen atoms in total. The average Bonchev–Trinajstić information content (AvgIpc) is 3.00. The summed E-state index contributed by atoms with van der Waals surface area (Å²) >= 11 is 15.9. The number of ether oxygens (including phenoxy) is 4. The maximum atomic E-state index is 12.4. The van der Waals surface area contributed by atoms with Gasteiger partial charge in [-0.05, 0) is 82.9 Å². The molecule has 1 heterocycles. The van der Waals surface area contributed by atoms with Crippen LogP contribution in [0.3, 0.4) is 0 Å². The standard InChI is InChI=1S/C31H31BrCl2N4O7/c1-4-43-25-13-20(28-27(30(40)42-3)17(2)36-31(41)37-28)7-10-24(25)44-16-26(39)38-35-14-19-11-22(32)29(23(34)12-19)45-15-18-5-8-21(33)9-6-18/h5-14,26,28,38-39H,4,15-16H2,1-3H3,(H2,36,37,41)/b35-14-/t26-,28-/m0/s1. The zero-order valence-corrected chi connectivity index (χ0v) is 27.6. The highest BCUT2D eigenvalue weighted by atomic mass is 79.9. The van der Waals surface area contributed by atoms with Gasteiger partial charge in [0.05, 0.1) is 41.0 Å². The molecule has 1 aliphatic heterocycles. The zero-order valence-electron chi connectivity index (χ0n) is 24.5. The Morgan fingerprint density at radius 2 is 1.87 bits per heavy atom. The van der Waals surface area contributed by atoms with Crippen molar-refractivity contribution in [3.63, 3.8) is 0 Å². The number of aliphatic hydroxyl groups is 1. The van der Waals surface area contributed by atoms with E-state index in [9.17, 15) is 14.7 Å². The fourth-order valence-corrected chi connectivity index (χ4v) is 5.46. The van der Waals surface area contributed by atoms with Crippen molar-refractivity contribution in [2.24, 2.45) is 5.10 Å². The number of rotatable bonds is 13. The van der Waals surface area contributed by atoms with Crippen LogP contribution in [0.4, 0.5) is 4.79 Å². The number of aliphatic hydroxyl groups excluding tert-OH is 1. The molecule has 0 bridgehead atoms. The zero-order chi connectivity index (χ0) is 32.5. The van der Waals surface area contributed by atoms with E-state index in [1.54, 1.807) is 56.3 Å². The molecular weight excluding hydrogens is 691 g/mol. The number of allylic oxidation sites excluding steroid dienone is 1. The van der Waals surface area contributed by atoms with Gasteiger partial charge < -0.3 is 34.7 Å². The molecule has 3 aromatic carbocycles. The number of benzene rings is 3. The molecule has 14 heteroatoms. The van der Waals surface area contributed by atoms with Crippen LogP contribution in [0.2, 0.25) is 10.0 Å². The third kappa shape index (κ3) is 9.04. The lowest BCUT2D eigenvalue weighted by molar-refractivity contribution is -0.136. The van der Waals surface area contributed by atoms with Crippen LogP contribution >= 0.6 is 39.1 Å². The summed E-state index contributed by atoms with van der Waals surface area (Å²) in [6.07, 6.45) is 0.321. The summed E-state index contributed by atoms with van der Waals surface area (Å²) in [7, 11) is 1.27. The number of hydrogen-bond acceptors (Lipinski definition) is 9. The predicted octanol–water partition coefficient (Wildman–Crippen LogP) is 5.86. The van der Waals surface area contributed by atoms with E-state index in [-0.39, 0.29) is 12.2 Å². The van der Waals surface area contributed by atoms with E-state index in [0.717, 1.165) is 5.56 Å². The Bertz CT molecular complexity index is 1580. The van der Waals surface area contributed by atoms with Gasteiger partial charge in [0.25, 0.3) is 0 Å². The number of carbonyl (C=O) groups is 2. The number of halogens is 3. The van der Waals surface area contributed by atoms with Gasteiger partial charge in [0.15, 0.2) is 23.5 Å². The minimum atomic E-state index is -1.17. The Balaban J connectivity index is 1.37. The Hall–Kier alpha value is -3.97. The second kappa shape index (κ2) is 15.8. The van der Waals surface area contributed by atoms with E-state index in [4.69, 9.17) is 42.1 Å². The first-order valence-corrected chi connectivity index (χ1v) is 15.2. The summed E-state index contributed by atoms with van der Waals surface area (Å²) in [6, 6.07) is 14.5. The predicted molar refractivity (Wildman–Crippen MR) is 174 cm³/mol. The van der Waals surface area contributed by atoms with E-state index < -0.39 is 24.3 Å². The monoisotopic (exact) mass is 720 g/mol. The smallest absolute Gasteiger partial charge is 0.337 e. The maximum Gasteiger partial charge on any atom is 0.337 e. The summed E-state index contributed by atoms with van der Waals surface area (Å²) < 4.78 is 23.0. The third-order valence-corrected chi connectivity index (χ3v) is 7.55. The Kier molecular flexibility index (Phi) is 11.9. The van der Waals surface area contributed by atoms with Crippen LogP contribution < -0.4 is 30.3 Å². The number of esters is 1. The van der Waals surface area contributed by atoms with Gasteiger partial charge in [-0.3, -0.25) is 5.43 Å². The molecule has 2 amide bonds. The number of urea groups is 1. The molecule has 238 valence electrons. The molecule has 0 unspecified atom stereocenters. The number of nitrogens with zero attached hydrogens (tertiary/aromatic N) is 1. The van der Waals surface area contributed by atoms with Crippen molar-refractivity contribution in [1.29, 1.82) is 0 Å². The van der Waals surface area contributed by atoms with Crippen molar-refractivity contribution < 1.29 is 33.6 Å². The first-order chi connectivity index (χ1) is 21.6. The summed E-state index contributed by atoms with van der Waals surface area (Å²) in [5.41, 5.74) is 5.42. The Morgan fingerprint density at radius 3 is 2.56 bits per heavy atom. The lowest BCUT2D eigenvalue weighted by Gasteiger charge is -2.28. The number of carbonyl (C=O) groups excluding carboxylic acids is 2. The molecule has 0 spiro atoms. The van der Waals surface area contributed by atoms with E-state index in [2.05, 4.69) is 37.1 Å². The first kappa shape index (κ1) is 33.9. The largest absolute Gasteiger partial charge is 0.490 e. The topological polar surface area (TPSA) is 140 Å². The van der Waals surface area contributed by atoms with Crippen LogP contribution in [0.15, 0.2) is 75.4 Å². The fraction of sp³-hybridized carbons (Fsp3) is 0.258. The lowest BCUT2D eigenvalue weighted by Crippen LogP contribution is -2.45. The van der Waals surface area contributed by atoms with E-state index in [1.165, 1.54) is 13.3 Å². The van der Waals surface area contributed by atoms with Gasteiger partial charge in [-0.1, -0.05) is 41.4 Å². The molecule has 45 heavy (non-hydrogen) atoms. The molecule has 0 aromatic heterocycles. The van der Waals surface area contributed by atoms with Crippen molar-refractivity contribution in [2.75, 3.05) is 20.3 Å². The molecule has 3 aromatic rings. The van der Waals surface area contributed by atoms with Crippen molar-refractivity contribution >= 4 is 57.3 Å². The van der Waals surface area contributed by atoms with Crippen molar-refractivity contribution in [3.05, 3.63) is 97.1 Å². The molecule has 4 N–H and O–H groups in total. The minimum Gasteiger partial charge on any atom is -0.490 e. The molecule has 4 rings (SSSR count). The number of hydrazone groups is 1. The van der Waals surface area contributed by atoms with E-state index in [1.807, 2.05) is 12.1 Å². The summed E-state index contributed by atoms with van der Waals surface area (Å²) in [4.78, 5) is 24.6. The van der Waals surface area contributed by atoms with Crippen molar-refractivity contribution in [2.45, 2.75) is 32.7 Å². The molecule has 1 aliphatic rings. The minimum absolute atomic E-state index is 0.171. The summed E-state index contributed by atoms with van der Waals surface area (Å²) in [5.74, 6) is 0.608. The second-order valence-electron chi connectivity index (χ2n) is 9.64. The molecule has 2 atom stereocenters. The SMILES string of the molecule is CCOc1cc([C@@H]2NC(=O)NC(C)=C2C(=O)OC)ccc1OC[C@H](O)N/N=C\c1cc(Cl)c(OCc2ccc(Cl)cc2)c(Br)c1. The van der Waals surface area contributed by atoms with Gasteiger partial charge >= 0.3 is 12.0 Å².